The lowest BCUT2D eigenvalue weighted by Crippen LogP contribution is -2.39. The average Bonchev–Trinajstić information content (AvgIpc) is 3.35. The third kappa shape index (κ3) is 5.49. The molecule has 2 aromatic rings. The van der Waals surface area contributed by atoms with Gasteiger partial charge in [-0.05, 0) is 62.3 Å². The number of carbonyl (C=O) groups excluding carboxylic acids is 1. The highest BCUT2D eigenvalue weighted by Crippen LogP contribution is 2.36. The predicted molar refractivity (Wildman–Crippen MR) is 130 cm³/mol. The van der Waals surface area contributed by atoms with E-state index in [1.165, 1.54) is 29.6 Å². The molecule has 0 radical (unpaired) electrons. The minimum Gasteiger partial charge on any atom is -0.494 e. The SMILES string of the molecule is COc1cc(CN(C)S(=O)(=O)C2CCC([C@H]3CC(c4cc(C(N)=O)nc(C)n4)=NO3)CC2)ccc1F. The van der Waals surface area contributed by atoms with Crippen molar-refractivity contribution in [1.82, 2.24) is 14.3 Å². The lowest BCUT2D eigenvalue weighted by atomic mass is 9.83. The maximum atomic E-state index is 13.7. The fourth-order valence-corrected chi connectivity index (χ4v) is 6.51. The Morgan fingerprint density at radius 1 is 1.22 bits per heavy atom. The normalized spacial score (nSPS) is 22.2. The van der Waals surface area contributed by atoms with Crippen molar-refractivity contribution < 1.29 is 27.2 Å². The van der Waals surface area contributed by atoms with E-state index in [-0.39, 0.29) is 30.0 Å². The summed E-state index contributed by atoms with van der Waals surface area (Å²) in [6.45, 7) is 1.81. The van der Waals surface area contributed by atoms with Crippen LogP contribution in [0, 0.1) is 18.7 Å². The molecule has 1 fully saturated rings. The van der Waals surface area contributed by atoms with Gasteiger partial charge in [0.2, 0.25) is 10.0 Å². The first-order valence-electron chi connectivity index (χ1n) is 11.7. The molecule has 12 heteroatoms. The summed E-state index contributed by atoms with van der Waals surface area (Å²) in [5.41, 5.74) is 7.26. The van der Waals surface area contributed by atoms with Crippen LogP contribution < -0.4 is 10.5 Å². The number of hydrogen-bond donors (Lipinski definition) is 1. The van der Waals surface area contributed by atoms with Gasteiger partial charge in [-0.2, -0.15) is 0 Å². The fraction of sp³-hybridized carbons (Fsp3) is 0.500. The standard InChI is InChI=1S/C24H30FN5O5S/c1-14-27-19(11-21(28-14)24(26)31)20-12-22(35-29-20)16-5-7-17(8-6-16)36(32,33)30(2)13-15-4-9-18(25)23(10-15)34-3/h4,9-11,16-17,22H,5-8,12-13H2,1-3H3,(H2,26,31)/t16?,17?,22-/m1/s1. The molecule has 0 bridgehead atoms. The molecule has 1 saturated carbocycles. The maximum absolute atomic E-state index is 13.7. The molecule has 1 aromatic carbocycles. The van der Waals surface area contributed by atoms with Gasteiger partial charge in [0.25, 0.3) is 5.91 Å². The second-order valence-electron chi connectivity index (χ2n) is 9.24. The van der Waals surface area contributed by atoms with Crippen molar-refractivity contribution in [2.75, 3.05) is 14.2 Å². The molecule has 0 spiro atoms. The van der Waals surface area contributed by atoms with Crippen LogP contribution in [0.15, 0.2) is 29.4 Å². The molecule has 10 nitrogen and oxygen atoms in total. The van der Waals surface area contributed by atoms with E-state index in [4.69, 9.17) is 15.3 Å². The van der Waals surface area contributed by atoms with E-state index in [1.807, 2.05) is 0 Å². The summed E-state index contributed by atoms with van der Waals surface area (Å²) in [5.74, 6) is -0.473. The van der Waals surface area contributed by atoms with E-state index in [2.05, 4.69) is 15.1 Å². The molecule has 194 valence electrons. The minimum absolute atomic E-state index is 0.0833. The lowest BCUT2D eigenvalue weighted by Gasteiger charge is -2.32. The van der Waals surface area contributed by atoms with Crippen LogP contribution in [0.25, 0.3) is 0 Å². The Morgan fingerprint density at radius 3 is 2.61 bits per heavy atom. The number of oxime groups is 1. The third-order valence-electron chi connectivity index (χ3n) is 6.80. The van der Waals surface area contributed by atoms with Crippen LogP contribution in [0.1, 0.15) is 59.7 Å². The molecule has 4 rings (SSSR count). The maximum Gasteiger partial charge on any atom is 0.267 e. The monoisotopic (exact) mass is 519 g/mol. The van der Waals surface area contributed by atoms with E-state index in [0.717, 1.165) is 0 Å². The number of carbonyl (C=O) groups is 1. The van der Waals surface area contributed by atoms with Gasteiger partial charge < -0.3 is 15.3 Å². The van der Waals surface area contributed by atoms with Gasteiger partial charge >= 0.3 is 0 Å². The van der Waals surface area contributed by atoms with E-state index >= 15 is 0 Å². The van der Waals surface area contributed by atoms with Crippen LogP contribution in [0.3, 0.4) is 0 Å². The molecule has 1 atom stereocenters. The molecule has 2 N–H and O–H groups in total. The number of nitrogens with zero attached hydrogens (tertiary/aromatic N) is 4. The Balaban J connectivity index is 1.34. The Kier molecular flexibility index (Phi) is 7.55. The van der Waals surface area contributed by atoms with E-state index in [0.29, 0.717) is 54.9 Å². The summed E-state index contributed by atoms with van der Waals surface area (Å²) < 4.78 is 46.4. The number of amides is 1. The summed E-state index contributed by atoms with van der Waals surface area (Å²) in [6.07, 6.45) is 2.73. The number of halogens is 1. The number of hydrogen-bond acceptors (Lipinski definition) is 8. The molecule has 2 heterocycles. The zero-order chi connectivity index (χ0) is 26.0. The van der Waals surface area contributed by atoms with E-state index < -0.39 is 27.0 Å². The van der Waals surface area contributed by atoms with E-state index in [9.17, 15) is 17.6 Å². The molecule has 0 saturated heterocycles. The van der Waals surface area contributed by atoms with Crippen LogP contribution >= 0.6 is 0 Å². The first kappa shape index (κ1) is 26.0. The van der Waals surface area contributed by atoms with E-state index in [1.54, 1.807) is 20.0 Å². The molecule has 1 aliphatic heterocycles. The molecular weight excluding hydrogens is 489 g/mol. The molecule has 2 aliphatic rings. The van der Waals surface area contributed by atoms with Crippen LogP contribution in [-0.4, -0.2) is 59.8 Å². The van der Waals surface area contributed by atoms with Crippen molar-refractivity contribution in [2.45, 2.75) is 56.9 Å². The number of primary amides is 1. The van der Waals surface area contributed by atoms with Crippen molar-refractivity contribution >= 4 is 21.6 Å². The Morgan fingerprint density at radius 2 is 1.94 bits per heavy atom. The highest BCUT2D eigenvalue weighted by atomic mass is 32.2. The van der Waals surface area contributed by atoms with Gasteiger partial charge in [0, 0.05) is 20.0 Å². The van der Waals surface area contributed by atoms with Crippen molar-refractivity contribution in [1.29, 1.82) is 0 Å². The first-order valence-corrected chi connectivity index (χ1v) is 13.2. The van der Waals surface area contributed by atoms with Crippen molar-refractivity contribution in [3.63, 3.8) is 0 Å². The lowest BCUT2D eigenvalue weighted by molar-refractivity contribution is 0.0270. The largest absolute Gasteiger partial charge is 0.494 e. The summed E-state index contributed by atoms with van der Waals surface area (Å²) >= 11 is 0. The Labute approximate surface area is 209 Å². The number of methoxy groups -OCH3 is 1. The average molecular weight is 520 g/mol. The fourth-order valence-electron chi connectivity index (χ4n) is 4.80. The number of aromatic nitrogens is 2. The van der Waals surface area contributed by atoms with Crippen LogP contribution in [0.4, 0.5) is 4.39 Å². The van der Waals surface area contributed by atoms with Crippen molar-refractivity contribution in [3.05, 3.63) is 52.9 Å². The molecule has 1 aromatic heterocycles. The molecule has 36 heavy (non-hydrogen) atoms. The van der Waals surface area contributed by atoms with Crippen LogP contribution in [0.2, 0.25) is 0 Å². The van der Waals surface area contributed by atoms with Crippen LogP contribution in [-0.2, 0) is 21.4 Å². The highest BCUT2D eigenvalue weighted by Gasteiger charge is 2.39. The third-order valence-corrected chi connectivity index (χ3v) is 9.11. The number of nitrogens with two attached hydrogens (primary N) is 1. The topological polar surface area (TPSA) is 137 Å². The highest BCUT2D eigenvalue weighted by molar-refractivity contribution is 7.89. The zero-order valence-electron chi connectivity index (χ0n) is 20.5. The van der Waals surface area contributed by atoms with Gasteiger partial charge in [0.05, 0.1) is 18.1 Å². The summed E-state index contributed by atoms with van der Waals surface area (Å²) in [6, 6.07) is 5.85. The van der Waals surface area contributed by atoms with Crippen molar-refractivity contribution in [3.8, 4) is 5.75 Å². The number of aryl methyl sites for hydroxylation is 1. The van der Waals surface area contributed by atoms with Crippen LogP contribution in [0.5, 0.6) is 5.75 Å². The molecule has 0 unspecified atom stereocenters. The Bertz CT molecular complexity index is 1280. The van der Waals surface area contributed by atoms with Gasteiger partial charge in [-0.15, -0.1) is 0 Å². The van der Waals surface area contributed by atoms with Gasteiger partial charge in [-0.3, -0.25) is 4.79 Å². The van der Waals surface area contributed by atoms with Crippen molar-refractivity contribution in [2.24, 2.45) is 16.8 Å². The van der Waals surface area contributed by atoms with Gasteiger partial charge in [0.15, 0.2) is 11.6 Å². The smallest absolute Gasteiger partial charge is 0.267 e. The van der Waals surface area contributed by atoms with Gasteiger partial charge in [0.1, 0.15) is 23.3 Å². The second-order valence-corrected chi connectivity index (χ2v) is 11.6. The minimum atomic E-state index is -3.54. The number of rotatable bonds is 8. The summed E-state index contributed by atoms with van der Waals surface area (Å²) in [7, 11) is -0.625. The first-order chi connectivity index (χ1) is 17.1. The molecule has 1 aliphatic carbocycles. The Hall–Kier alpha value is -3.12. The number of ether oxygens (including phenoxy) is 1. The molecular formula is C24H30FN5O5S. The van der Waals surface area contributed by atoms with Gasteiger partial charge in [-0.25, -0.2) is 27.1 Å². The number of sulfonamides is 1. The quantitative estimate of drug-likeness (QED) is 0.566. The summed E-state index contributed by atoms with van der Waals surface area (Å²) in [5, 5.41) is 3.68. The summed E-state index contributed by atoms with van der Waals surface area (Å²) in [4.78, 5) is 25.6. The van der Waals surface area contributed by atoms with Gasteiger partial charge in [-0.1, -0.05) is 11.2 Å². The second kappa shape index (κ2) is 10.5. The zero-order valence-corrected chi connectivity index (χ0v) is 21.3. The number of benzene rings is 1. The molecule has 1 amide bonds. The predicted octanol–water partition coefficient (Wildman–Crippen LogP) is 2.55.